The van der Waals surface area contributed by atoms with Crippen molar-refractivity contribution in [2.45, 2.75) is 13.5 Å². The van der Waals surface area contributed by atoms with Gasteiger partial charge in [0.15, 0.2) is 0 Å². The van der Waals surface area contributed by atoms with Gasteiger partial charge in [-0.3, -0.25) is 19.8 Å². The molecule has 0 heterocycles. The number of carbonyl (C=O) groups excluding carboxylic acids is 1. The van der Waals surface area contributed by atoms with Crippen LogP contribution in [0.2, 0.25) is 0 Å². The third-order valence-corrected chi connectivity index (χ3v) is 3.47. The molecule has 0 atom stereocenters. The van der Waals surface area contributed by atoms with Crippen LogP contribution < -0.4 is 5.32 Å². The van der Waals surface area contributed by atoms with Gasteiger partial charge in [0.2, 0.25) is 5.91 Å². The SMILES string of the molecule is Cc1cc([N+](=O)[O-])ccc1NC(=O)CN(C)Cc1ccc(F)cc1. The second-order valence-electron chi connectivity index (χ2n) is 5.60. The van der Waals surface area contributed by atoms with Gasteiger partial charge in [0.05, 0.1) is 11.5 Å². The summed E-state index contributed by atoms with van der Waals surface area (Å²) >= 11 is 0. The lowest BCUT2D eigenvalue weighted by Gasteiger charge is -2.17. The number of hydrogen-bond donors (Lipinski definition) is 1. The Bertz CT molecular complexity index is 747. The van der Waals surface area contributed by atoms with Crippen LogP contribution in [0.1, 0.15) is 11.1 Å². The topological polar surface area (TPSA) is 75.5 Å². The predicted octanol–water partition coefficient (Wildman–Crippen LogP) is 3.11. The van der Waals surface area contributed by atoms with Gasteiger partial charge in [-0.1, -0.05) is 12.1 Å². The highest BCUT2D eigenvalue weighted by Crippen LogP contribution is 2.21. The molecule has 0 aromatic heterocycles. The Morgan fingerprint density at radius 2 is 1.92 bits per heavy atom. The molecule has 0 radical (unpaired) electrons. The lowest BCUT2D eigenvalue weighted by molar-refractivity contribution is -0.384. The Morgan fingerprint density at radius 1 is 1.25 bits per heavy atom. The standard InChI is InChI=1S/C17H18FN3O3/c1-12-9-15(21(23)24)7-8-16(12)19-17(22)11-20(2)10-13-3-5-14(18)6-4-13/h3-9H,10-11H2,1-2H3,(H,19,22). The van der Waals surface area contributed by atoms with E-state index in [4.69, 9.17) is 0 Å². The number of non-ortho nitro benzene ring substituents is 1. The molecule has 0 unspecified atom stereocenters. The smallest absolute Gasteiger partial charge is 0.269 e. The first-order chi connectivity index (χ1) is 11.3. The van der Waals surface area contributed by atoms with Crippen molar-refractivity contribution in [3.05, 3.63) is 69.5 Å². The first-order valence-corrected chi connectivity index (χ1v) is 7.33. The van der Waals surface area contributed by atoms with Crippen LogP contribution in [0.4, 0.5) is 15.8 Å². The zero-order chi connectivity index (χ0) is 17.7. The fraction of sp³-hybridized carbons (Fsp3) is 0.235. The summed E-state index contributed by atoms with van der Waals surface area (Å²) in [7, 11) is 1.78. The molecule has 2 aromatic carbocycles. The first kappa shape index (κ1) is 17.6. The van der Waals surface area contributed by atoms with E-state index in [1.54, 1.807) is 31.0 Å². The molecule has 24 heavy (non-hydrogen) atoms. The van der Waals surface area contributed by atoms with E-state index in [1.165, 1.54) is 30.3 Å². The minimum absolute atomic E-state index is 0.0149. The van der Waals surface area contributed by atoms with Crippen molar-refractivity contribution >= 4 is 17.3 Å². The number of anilines is 1. The van der Waals surface area contributed by atoms with Crippen molar-refractivity contribution in [2.24, 2.45) is 0 Å². The van der Waals surface area contributed by atoms with Gasteiger partial charge >= 0.3 is 0 Å². The Labute approximate surface area is 139 Å². The van der Waals surface area contributed by atoms with Crippen molar-refractivity contribution in [1.82, 2.24) is 4.90 Å². The van der Waals surface area contributed by atoms with Gasteiger partial charge in [-0.15, -0.1) is 0 Å². The molecule has 7 heteroatoms. The van der Waals surface area contributed by atoms with E-state index in [0.29, 0.717) is 17.8 Å². The van der Waals surface area contributed by atoms with Crippen LogP contribution in [0.5, 0.6) is 0 Å². The number of carbonyl (C=O) groups is 1. The normalized spacial score (nSPS) is 10.7. The lowest BCUT2D eigenvalue weighted by atomic mass is 10.2. The molecule has 0 saturated carbocycles. The third-order valence-electron chi connectivity index (χ3n) is 3.47. The Morgan fingerprint density at radius 3 is 2.50 bits per heavy atom. The molecule has 0 aliphatic rings. The van der Waals surface area contributed by atoms with Gasteiger partial charge in [-0.25, -0.2) is 4.39 Å². The second-order valence-corrected chi connectivity index (χ2v) is 5.60. The van der Waals surface area contributed by atoms with E-state index < -0.39 is 4.92 Å². The number of nitrogens with one attached hydrogen (secondary N) is 1. The molecule has 0 spiro atoms. The number of aryl methyl sites for hydroxylation is 1. The second kappa shape index (κ2) is 7.65. The number of nitro benzene ring substituents is 1. The molecular weight excluding hydrogens is 313 g/mol. The van der Waals surface area contributed by atoms with E-state index >= 15 is 0 Å². The average molecular weight is 331 g/mol. The van der Waals surface area contributed by atoms with Crippen molar-refractivity contribution in [3.63, 3.8) is 0 Å². The zero-order valence-corrected chi connectivity index (χ0v) is 13.5. The number of likely N-dealkylation sites (N-methyl/N-ethyl adjacent to an activating group) is 1. The summed E-state index contributed by atoms with van der Waals surface area (Å²) in [6.45, 7) is 2.35. The Kier molecular flexibility index (Phi) is 5.59. The number of nitrogens with zero attached hydrogens (tertiary/aromatic N) is 2. The average Bonchev–Trinajstić information content (AvgIpc) is 2.51. The summed E-state index contributed by atoms with van der Waals surface area (Å²) in [6, 6.07) is 10.4. The van der Waals surface area contributed by atoms with Gasteiger partial charge in [0, 0.05) is 24.4 Å². The number of benzene rings is 2. The quantitative estimate of drug-likeness (QED) is 0.652. The molecular formula is C17H18FN3O3. The molecule has 1 amide bonds. The van der Waals surface area contributed by atoms with Crippen LogP contribution in [-0.2, 0) is 11.3 Å². The number of nitro groups is 1. The molecule has 0 aliphatic heterocycles. The highest BCUT2D eigenvalue weighted by Gasteiger charge is 2.12. The van der Waals surface area contributed by atoms with Gasteiger partial charge in [-0.05, 0) is 43.3 Å². The van der Waals surface area contributed by atoms with E-state index in [-0.39, 0.29) is 24.0 Å². The maximum Gasteiger partial charge on any atom is 0.269 e. The highest BCUT2D eigenvalue weighted by molar-refractivity contribution is 5.93. The summed E-state index contributed by atoms with van der Waals surface area (Å²) in [5, 5.41) is 13.5. The summed E-state index contributed by atoms with van der Waals surface area (Å²) in [4.78, 5) is 24.1. The van der Waals surface area contributed by atoms with Gasteiger partial charge < -0.3 is 5.32 Å². The summed E-state index contributed by atoms with van der Waals surface area (Å²) < 4.78 is 12.9. The van der Waals surface area contributed by atoms with Crippen LogP contribution in [0.3, 0.4) is 0 Å². The number of hydrogen-bond acceptors (Lipinski definition) is 4. The molecule has 0 aliphatic carbocycles. The van der Waals surface area contributed by atoms with Crippen LogP contribution in [0.15, 0.2) is 42.5 Å². The molecule has 6 nitrogen and oxygen atoms in total. The van der Waals surface area contributed by atoms with E-state index in [9.17, 15) is 19.3 Å². The highest BCUT2D eigenvalue weighted by atomic mass is 19.1. The van der Waals surface area contributed by atoms with Crippen molar-refractivity contribution in [2.75, 3.05) is 18.9 Å². The fourth-order valence-corrected chi connectivity index (χ4v) is 2.29. The predicted molar refractivity (Wildman–Crippen MR) is 89.2 cm³/mol. The minimum Gasteiger partial charge on any atom is -0.325 e. The minimum atomic E-state index is -0.477. The molecule has 2 aromatic rings. The molecule has 0 fully saturated rings. The molecule has 0 saturated heterocycles. The van der Waals surface area contributed by atoms with Gasteiger partial charge in [-0.2, -0.15) is 0 Å². The summed E-state index contributed by atoms with van der Waals surface area (Å²) in [5.41, 5.74) is 2.05. The monoisotopic (exact) mass is 331 g/mol. The Balaban J connectivity index is 1.92. The summed E-state index contributed by atoms with van der Waals surface area (Å²) in [5.74, 6) is -0.524. The van der Waals surface area contributed by atoms with Crippen molar-refractivity contribution in [1.29, 1.82) is 0 Å². The van der Waals surface area contributed by atoms with Crippen LogP contribution in [0.25, 0.3) is 0 Å². The zero-order valence-electron chi connectivity index (χ0n) is 13.5. The fourth-order valence-electron chi connectivity index (χ4n) is 2.29. The third kappa shape index (κ3) is 4.85. The molecule has 0 bridgehead atoms. The first-order valence-electron chi connectivity index (χ1n) is 7.33. The van der Waals surface area contributed by atoms with Crippen molar-refractivity contribution in [3.8, 4) is 0 Å². The lowest BCUT2D eigenvalue weighted by Crippen LogP contribution is -2.30. The molecule has 2 rings (SSSR count). The number of halogens is 1. The number of rotatable bonds is 6. The maximum atomic E-state index is 12.9. The number of amides is 1. The van der Waals surface area contributed by atoms with E-state index in [2.05, 4.69) is 5.32 Å². The van der Waals surface area contributed by atoms with Crippen LogP contribution in [-0.4, -0.2) is 29.3 Å². The maximum absolute atomic E-state index is 12.9. The van der Waals surface area contributed by atoms with Crippen LogP contribution in [0, 0.1) is 22.9 Å². The molecule has 1 N–H and O–H groups in total. The Hall–Kier alpha value is -2.80. The largest absolute Gasteiger partial charge is 0.325 e. The van der Waals surface area contributed by atoms with Gasteiger partial charge in [0.25, 0.3) is 5.69 Å². The van der Waals surface area contributed by atoms with E-state index in [0.717, 1.165) is 5.56 Å². The van der Waals surface area contributed by atoms with Crippen molar-refractivity contribution < 1.29 is 14.1 Å². The van der Waals surface area contributed by atoms with E-state index in [1.807, 2.05) is 0 Å². The molecule has 126 valence electrons. The van der Waals surface area contributed by atoms with Crippen LogP contribution >= 0.6 is 0 Å². The van der Waals surface area contributed by atoms with Gasteiger partial charge in [0.1, 0.15) is 5.82 Å². The summed E-state index contributed by atoms with van der Waals surface area (Å²) in [6.07, 6.45) is 0.